The van der Waals surface area contributed by atoms with Crippen LogP contribution >= 0.6 is 0 Å². The lowest BCUT2D eigenvalue weighted by Gasteiger charge is -2.37. The van der Waals surface area contributed by atoms with Gasteiger partial charge in [0.05, 0.1) is 6.54 Å². The molecule has 19 heavy (non-hydrogen) atoms. The number of nitrogens with zero attached hydrogens (tertiary/aromatic N) is 3. The molecule has 0 atom stereocenters. The second-order valence-corrected chi connectivity index (χ2v) is 5.87. The van der Waals surface area contributed by atoms with Gasteiger partial charge in [-0.2, -0.15) is 0 Å². The van der Waals surface area contributed by atoms with Crippen LogP contribution in [0.2, 0.25) is 0 Å². The molecule has 4 nitrogen and oxygen atoms in total. The Morgan fingerprint density at radius 3 is 2.32 bits per heavy atom. The molecule has 0 aliphatic carbocycles. The maximum Gasteiger partial charge on any atom is 0.142 e. The highest BCUT2D eigenvalue weighted by Gasteiger charge is 2.27. The van der Waals surface area contributed by atoms with Gasteiger partial charge in [0.15, 0.2) is 0 Å². The number of hydrogen-bond acceptors (Lipinski definition) is 4. The monoisotopic (exact) mass is 260 g/mol. The van der Waals surface area contributed by atoms with E-state index in [2.05, 4.69) is 20.2 Å². The van der Waals surface area contributed by atoms with Gasteiger partial charge in [-0.15, -0.1) is 0 Å². The molecule has 0 radical (unpaired) electrons. The minimum Gasteiger partial charge on any atom is -0.317 e. The highest BCUT2D eigenvalue weighted by molar-refractivity contribution is 4.90. The minimum atomic E-state index is 0.916. The Bertz CT molecular complexity index is 367. The first-order valence-corrected chi connectivity index (χ1v) is 7.61. The van der Waals surface area contributed by atoms with Crippen molar-refractivity contribution < 1.29 is 0 Å². The lowest BCUT2D eigenvalue weighted by atomic mass is 9.79. The Morgan fingerprint density at radius 1 is 1.00 bits per heavy atom. The Balaban J connectivity index is 1.46. The first-order chi connectivity index (χ1) is 9.42. The highest BCUT2D eigenvalue weighted by atomic mass is 15.1. The van der Waals surface area contributed by atoms with Gasteiger partial charge in [-0.25, -0.2) is 9.97 Å². The molecule has 3 heterocycles. The van der Waals surface area contributed by atoms with Gasteiger partial charge in [-0.05, 0) is 69.8 Å². The van der Waals surface area contributed by atoms with E-state index in [9.17, 15) is 0 Å². The van der Waals surface area contributed by atoms with Crippen molar-refractivity contribution in [3.63, 3.8) is 0 Å². The number of nitrogens with one attached hydrogen (secondary N) is 1. The number of aromatic nitrogens is 2. The lowest BCUT2D eigenvalue weighted by Crippen LogP contribution is -2.39. The van der Waals surface area contributed by atoms with Crippen molar-refractivity contribution in [3.8, 4) is 0 Å². The van der Waals surface area contributed by atoms with Crippen LogP contribution in [0.5, 0.6) is 0 Å². The number of hydrogen-bond donors (Lipinski definition) is 1. The smallest absolute Gasteiger partial charge is 0.142 e. The standard InChI is InChI=1S/C15H24N4/c1-6-17-15(18-7-1)12-19-10-4-14(5-11-19)13-2-8-16-9-3-13/h1,6-7,13-14,16H,2-5,8-12H2. The molecule has 2 aliphatic rings. The third-order valence-corrected chi connectivity index (χ3v) is 4.67. The highest BCUT2D eigenvalue weighted by Crippen LogP contribution is 2.30. The molecule has 1 N–H and O–H groups in total. The van der Waals surface area contributed by atoms with Gasteiger partial charge in [-0.1, -0.05) is 0 Å². The Kier molecular flexibility index (Phi) is 4.41. The molecule has 1 aromatic rings. The van der Waals surface area contributed by atoms with Crippen LogP contribution in [-0.2, 0) is 6.54 Å². The molecular formula is C15H24N4. The van der Waals surface area contributed by atoms with Crippen molar-refractivity contribution in [1.82, 2.24) is 20.2 Å². The summed E-state index contributed by atoms with van der Waals surface area (Å²) in [4.78, 5) is 11.1. The summed E-state index contributed by atoms with van der Waals surface area (Å²) in [5.74, 6) is 2.88. The maximum absolute atomic E-state index is 4.32. The van der Waals surface area contributed by atoms with Gasteiger partial charge in [0.1, 0.15) is 5.82 Å². The topological polar surface area (TPSA) is 41.1 Å². The van der Waals surface area contributed by atoms with Crippen molar-refractivity contribution in [2.75, 3.05) is 26.2 Å². The molecule has 0 spiro atoms. The predicted molar refractivity (Wildman–Crippen MR) is 75.6 cm³/mol. The fraction of sp³-hybridized carbons (Fsp3) is 0.733. The summed E-state index contributed by atoms with van der Waals surface area (Å²) < 4.78 is 0. The van der Waals surface area contributed by atoms with Crippen LogP contribution in [0.3, 0.4) is 0 Å². The van der Waals surface area contributed by atoms with Crippen LogP contribution in [-0.4, -0.2) is 41.0 Å². The lowest BCUT2D eigenvalue weighted by molar-refractivity contribution is 0.124. The van der Waals surface area contributed by atoms with Crippen LogP contribution in [0, 0.1) is 11.8 Å². The van der Waals surface area contributed by atoms with E-state index < -0.39 is 0 Å². The van der Waals surface area contributed by atoms with Gasteiger partial charge in [-0.3, -0.25) is 4.90 Å². The molecule has 104 valence electrons. The number of likely N-dealkylation sites (tertiary alicyclic amines) is 1. The second-order valence-electron chi connectivity index (χ2n) is 5.87. The molecule has 0 aromatic carbocycles. The summed E-state index contributed by atoms with van der Waals surface area (Å²) in [6, 6.07) is 1.88. The molecule has 2 saturated heterocycles. The van der Waals surface area contributed by atoms with E-state index in [1.54, 1.807) is 0 Å². The summed E-state index contributed by atoms with van der Waals surface area (Å²) in [5, 5.41) is 3.47. The average molecular weight is 260 g/mol. The zero-order valence-electron chi connectivity index (χ0n) is 11.6. The molecule has 4 heteroatoms. The Morgan fingerprint density at radius 2 is 1.63 bits per heavy atom. The molecule has 2 fully saturated rings. The third kappa shape index (κ3) is 3.51. The summed E-state index contributed by atoms with van der Waals surface area (Å²) in [5.41, 5.74) is 0. The molecular weight excluding hydrogens is 236 g/mol. The van der Waals surface area contributed by atoms with Crippen molar-refractivity contribution in [2.24, 2.45) is 11.8 Å². The first kappa shape index (κ1) is 13.0. The fourth-order valence-corrected chi connectivity index (χ4v) is 3.51. The van der Waals surface area contributed by atoms with Crippen molar-refractivity contribution in [3.05, 3.63) is 24.3 Å². The molecule has 0 unspecified atom stereocenters. The van der Waals surface area contributed by atoms with Crippen LogP contribution < -0.4 is 5.32 Å². The molecule has 0 bridgehead atoms. The molecule has 0 amide bonds. The number of rotatable bonds is 3. The quantitative estimate of drug-likeness (QED) is 0.898. The minimum absolute atomic E-state index is 0.916. The second kappa shape index (κ2) is 6.44. The summed E-state index contributed by atoms with van der Waals surface area (Å²) in [6.45, 7) is 5.80. The van der Waals surface area contributed by atoms with Gasteiger partial charge in [0.25, 0.3) is 0 Å². The molecule has 3 rings (SSSR count). The van der Waals surface area contributed by atoms with Gasteiger partial charge in [0.2, 0.25) is 0 Å². The van der Waals surface area contributed by atoms with Crippen molar-refractivity contribution in [1.29, 1.82) is 0 Å². The van der Waals surface area contributed by atoms with E-state index in [0.29, 0.717) is 0 Å². The zero-order chi connectivity index (χ0) is 12.9. The maximum atomic E-state index is 4.32. The van der Waals surface area contributed by atoms with E-state index in [1.807, 2.05) is 18.5 Å². The van der Waals surface area contributed by atoms with Crippen LogP contribution in [0.15, 0.2) is 18.5 Å². The van der Waals surface area contributed by atoms with Crippen LogP contribution in [0.4, 0.5) is 0 Å². The summed E-state index contributed by atoms with van der Waals surface area (Å²) >= 11 is 0. The summed E-state index contributed by atoms with van der Waals surface area (Å²) in [7, 11) is 0. The summed E-state index contributed by atoms with van der Waals surface area (Å²) in [6.07, 6.45) is 9.15. The molecule has 1 aromatic heterocycles. The SMILES string of the molecule is c1cnc(CN2CCC(C3CCNCC3)CC2)nc1. The largest absolute Gasteiger partial charge is 0.317 e. The van der Waals surface area contributed by atoms with Crippen LogP contribution in [0.25, 0.3) is 0 Å². The van der Waals surface area contributed by atoms with E-state index in [4.69, 9.17) is 0 Å². The third-order valence-electron chi connectivity index (χ3n) is 4.67. The van der Waals surface area contributed by atoms with Crippen molar-refractivity contribution >= 4 is 0 Å². The van der Waals surface area contributed by atoms with E-state index in [1.165, 1.54) is 51.9 Å². The molecule has 2 aliphatic heterocycles. The average Bonchev–Trinajstić information content (AvgIpc) is 2.50. The normalized spacial score (nSPS) is 23.6. The fourth-order valence-electron chi connectivity index (χ4n) is 3.51. The van der Waals surface area contributed by atoms with Gasteiger partial charge < -0.3 is 5.32 Å². The number of piperidine rings is 2. The van der Waals surface area contributed by atoms with E-state index >= 15 is 0 Å². The van der Waals surface area contributed by atoms with Crippen LogP contribution in [0.1, 0.15) is 31.5 Å². The van der Waals surface area contributed by atoms with Gasteiger partial charge in [0, 0.05) is 12.4 Å². The zero-order valence-corrected chi connectivity index (χ0v) is 11.6. The first-order valence-electron chi connectivity index (χ1n) is 7.61. The predicted octanol–water partition coefficient (Wildman–Crippen LogP) is 1.69. The van der Waals surface area contributed by atoms with E-state index in [0.717, 1.165) is 24.2 Å². The van der Waals surface area contributed by atoms with Gasteiger partial charge >= 0.3 is 0 Å². The van der Waals surface area contributed by atoms with Crippen molar-refractivity contribution in [2.45, 2.75) is 32.2 Å². The Labute approximate surface area is 115 Å². The molecule has 0 saturated carbocycles. The Hall–Kier alpha value is -1.00. The van der Waals surface area contributed by atoms with E-state index in [-0.39, 0.29) is 0 Å².